The molecule has 1 aliphatic rings. The van der Waals surface area contributed by atoms with Crippen LogP contribution < -0.4 is 5.73 Å². The van der Waals surface area contributed by atoms with Crippen molar-refractivity contribution < 1.29 is 0 Å². The van der Waals surface area contributed by atoms with Gasteiger partial charge in [-0.25, -0.2) is 0 Å². The molecular weight excluding hydrogens is 224 g/mol. The number of likely N-dealkylation sites (tertiary alicyclic amines) is 1. The maximum atomic E-state index is 6.00. The first-order chi connectivity index (χ1) is 8.52. The van der Waals surface area contributed by atoms with Gasteiger partial charge in [0.2, 0.25) is 0 Å². The standard InChI is InChI=1S/C14H26N4/c1-10(2)18-9-13(7-16-18)14(6-15)17-8-11(3)5-12(17)4/h7,9-12,14H,5-6,8,15H2,1-4H3. The fourth-order valence-corrected chi connectivity index (χ4v) is 3.04. The summed E-state index contributed by atoms with van der Waals surface area (Å²) in [6.07, 6.45) is 5.40. The molecule has 1 aromatic rings. The lowest BCUT2D eigenvalue weighted by molar-refractivity contribution is 0.192. The highest BCUT2D eigenvalue weighted by Gasteiger charge is 2.32. The van der Waals surface area contributed by atoms with Crippen LogP contribution in [-0.2, 0) is 0 Å². The maximum Gasteiger partial charge on any atom is 0.0538 e. The second kappa shape index (κ2) is 5.41. The third-order valence-electron chi connectivity index (χ3n) is 3.99. The molecule has 0 amide bonds. The molecule has 0 spiro atoms. The van der Waals surface area contributed by atoms with Gasteiger partial charge in [-0.2, -0.15) is 5.10 Å². The minimum atomic E-state index is 0.317. The van der Waals surface area contributed by atoms with Crippen molar-refractivity contribution in [3.8, 4) is 0 Å². The average Bonchev–Trinajstić information content (AvgIpc) is 2.88. The van der Waals surface area contributed by atoms with Gasteiger partial charge in [0.05, 0.1) is 12.2 Å². The van der Waals surface area contributed by atoms with Crippen molar-refractivity contribution >= 4 is 0 Å². The minimum absolute atomic E-state index is 0.317. The smallest absolute Gasteiger partial charge is 0.0538 e. The summed E-state index contributed by atoms with van der Waals surface area (Å²) < 4.78 is 2.02. The van der Waals surface area contributed by atoms with Crippen molar-refractivity contribution in [2.24, 2.45) is 11.7 Å². The highest BCUT2D eigenvalue weighted by atomic mass is 15.3. The van der Waals surface area contributed by atoms with E-state index in [0.29, 0.717) is 24.7 Å². The van der Waals surface area contributed by atoms with E-state index >= 15 is 0 Å². The van der Waals surface area contributed by atoms with Crippen LogP contribution in [0.1, 0.15) is 51.8 Å². The van der Waals surface area contributed by atoms with E-state index in [1.807, 2.05) is 10.9 Å². The molecule has 2 heterocycles. The highest BCUT2D eigenvalue weighted by molar-refractivity contribution is 5.13. The summed E-state index contributed by atoms with van der Waals surface area (Å²) in [5, 5.41) is 4.43. The number of nitrogens with two attached hydrogens (primary N) is 1. The Labute approximate surface area is 110 Å². The molecule has 18 heavy (non-hydrogen) atoms. The lowest BCUT2D eigenvalue weighted by Crippen LogP contribution is -2.36. The number of hydrogen-bond donors (Lipinski definition) is 1. The molecule has 102 valence electrons. The van der Waals surface area contributed by atoms with Crippen LogP contribution in [0.15, 0.2) is 12.4 Å². The van der Waals surface area contributed by atoms with Crippen LogP contribution in [0.3, 0.4) is 0 Å². The Bertz CT molecular complexity index is 385. The van der Waals surface area contributed by atoms with Crippen molar-refractivity contribution in [3.05, 3.63) is 18.0 Å². The van der Waals surface area contributed by atoms with Crippen molar-refractivity contribution in [1.82, 2.24) is 14.7 Å². The Morgan fingerprint density at radius 3 is 2.61 bits per heavy atom. The van der Waals surface area contributed by atoms with Gasteiger partial charge < -0.3 is 5.73 Å². The molecular formula is C14H26N4. The van der Waals surface area contributed by atoms with Gasteiger partial charge in [0.15, 0.2) is 0 Å². The van der Waals surface area contributed by atoms with Crippen LogP contribution in [0.4, 0.5) is 0 Å². The molecule has 1 fully saturated rings. The van der Waals surface area contributed by atoms with E-state index in [9.17, 15) is 0 Å². The third-order valence-corrected chi connectivity index (χ3v) is 3.99. The third kappa shape index (κ3) is 2.59. The topological polar surface area (TPSA) is 47.1 Å². The predicted octanol–water partition coefficient (Wildman–Crippen LogP) is 2.19. The minimum Gasteiger partial charge on any atom is -0.329 e. The van der Waals surface area contributed by atoms with Gasteiger partial charge in [-0.3, -0.25) is 9.58 Å². The van der Waals surface area contributed by atoms with Gasteiger partial charge in [-0.15, -0.1) is 0 Å². The lowest BCUT2D eigenvalue weighted by Gasteiger charge is -2.29. The molecule has 0 radical (unpaired) electrons. The first-order valence-electron chi connectivity index (χ1n) is 7.02. The molecule has 0 aliphatic carbocycles. The van der Waals surface area contributed by atoms with Crippen molar-refractivity contribution in [2.45, 2.75) is 52.2 Å². The largest absolute Gasteiger partial charge is 0.329 e. The Kier molecular flexibility index (Phi) is 4.07. The number of hydrogen-bond acceptors (Lipinski definition) is 3. The molecule has 2 N–H and O–H groups in total. The maximum absolute atomic E-state index is 6.00. The van der Waals surface area contributed by atoms with Gasteiger partial charge in [0.1, 0.15) is 0 Å². The normalized spacial score (nSPS) is 27.0. The average molecular weight is 250 g/mol. The van der Waals surface area contributed by atoms with E-state index in [0.717, 1.165) is 12.5 Å². The van der Waals surface area contributed by atoms with Gasteiger partial charge in [-0.05, 0) is 33.1 Å². The van der Waals surface area contributed by atoms with E-state index in [-0.39, 0.29) is 0 Å². The first kappa shape index (κ1) is 13.6. The molecule has 0 aromatic carbocycles. The summed E-state index contributed by atoms with van der Waals surface area (Å²) in [6, 6.07) is 1.35. The van der Waals surface area contributed by atoms with Gasteiger partial charge in [0.25, 0.3) is 0 Å². The van der Waals surface area contributed by atoms with Gasteiger partial charge >= 0.3 is 0 Å². The zero-order valence-electron chi connectivity index (χ0n) is 12.0. The Morgan fingerprint density at radius 2 is 2.17 bits per heavy atom. The molecule has 4 heteroatoms. The van der Waals surface area contributed by atoms with E-state index in [1.54, 1.807) is 0 Å². The zero-order valence-corrected chi connectivity index (χ0v) is 12.0. The quantitative estimate of drug-likeness (QED) is 0.891. The van der Waals surface area contributed by atoms with Crippen molar-refractivity contribution in [2.75, 3.05) is 13.1 Å². The molecule has 1 saturated heterocycles. The fraction of sp³-hybridized carbons (Fsp3) is 0.786. The Hall–Kier alpha value is -0.870. The van der Waals surface area contributed by atoms with Crippen molar-refractivity contribution in [1.29, 1.82) is 0 Å². The van der Waals surface area contributed by atoms with Crippen LogP contribution in [0.2, 0.25) is 0 Å². The molecule has 0 bridgehead atoms. The summed E-state index contributed by atoms with van der Waals surface area (Å²) in [5.74, 6) is 0.772. The lowest BCUT2D eigenvalue weighted by atomic mass is 10.1. The van der Waals surface area contributed by atoms with Crippen LogP contribution in [0, 0.1) is 5.92 Å². The molecule has 3 atom stereocenters. The predicted molar refractivity (Wildman–Crippen MR) is 74.4 cm³/mol. The molecule has 2 rings (SSSR count). The summed E-state index contributed by atoms with van der Waals surface area (Å²) in [6.45, 7) is 10.7. The van der Waals surface area contributed by atoms with E-state index in [1.165, 1.54) is 12.0 Å². The van der Waals surface area contributed by atoms with E-state index < -0.39 is 0 Å². The number of nitrogens with zero attached hydrogens (tertiary/aromatic N) is 3. The number of rotatable bonds is 4. The van der Waals surface area contributed by atoms with E-state index in [4.69, 9.17) is 5.73 Å². The summed E-state index contributed by atoms with van der Waals surface area (Å²) >= 11 is 0. The summed E-state index contributed by atoms with van der Waals surface area (Å²) in [7, 11) is 0. The SMILES string of the molecule is CC1CC(C)N(C(CN)c2cnn(C(C)C)c2)C1. The van der Waals surface area contributed by atoms with Crippen LogP contribution in [-0.4, -0.2) is 33.8 Å². The first-order valence-corrected chi connectivity index (χ1v) is 7.02. The van der Waals surface area contributed by atoms with Crippen LogP contribution in [0.25, 0.3) is 0 Å². The highest BCUT2D eigenvalue weighted by Crippen LogP contribution is 2.31. The van der Waals surface area contributed by atoms with Crippen LogP contribution >= 0.6 is 0 Å². The molecule has 0 saturated carbocycles. The molecule has 3 unspecified atom stereocenters. The van der Waals surface area contributed by atoms with Gasteiger partial charge in [0, 0.05) is 36.9 Å². The fourth-order valence-electron chi connectivity index (χ4n) is 3.04. The number of aromatic nitrogens is 2. The second-order valence-electron chi connectivity index (χ2n) is 5.99. The molecule has 1 aromatic heterocycles. The van der Waals surface area contributed by atoms with Gasteiger partial charge in [-0.1, -0.05) is 6.92 Å². The van der Waals surface area contributed by atoms with Crippen molar-refractivity contribution in [3.63, 3.8) is 0 Å². The Balaban J connectivity index is 2.17. The second-order valence-corrected chi connectivity index (χ2v) is 5.99. The Morgan fingerprint density at radius 1 is 1.44 bits per heavy atom. The summed E-state index contributed by atoms with van der Waals surface area (Å²) in [4.78, 5) is 2.53. The summed E-state index contributed by atoms with van der Waals surface area (Å²) in [5.41, 5.74) is 7.26. The molecule has 1 aliphatic heterocycles. The zero-order chi connectivity index (χ0) is 13.3. The molecule has 4 nitrogen and oxygen atoms in total. The monoisotopic (exact) mass is 250 g/mol. The van der Waals surface area contributed by atoms with E-state index in [2.05, 4.69) is 43.9 Å². The van der Waals surface area contributed by atoms with Crippen LogP contribution in [0.5, 0.6) is 0 Å².